The molecule has 0 amide bonds. The fourth-order valence-electron chi connectivity index (χ4n) is 2.75. The maximum atomic E-state index is 6.03. The summed E-state index contributed by atoms with van der Waals surface area (Å²) in [6.45, 7) is 4.99. The summed E-state index contributed by atoms with van der Waals surface area (Å²) in [5.41, 5.74) is 2.21. The zero-order chi connectivity index (χ0) is 20.3. The van der Waals surface area contributed by atoms with E-state index >= 15 is 0 Å². The first-order valence-corrected chi connectivity index (χ1v) is 10.4. The maximum absolute atomic E-state index is 6.03. The first kappa shape index (κ1) is 21.1. The second-order valence-electron chi connectivity index (χ2n) is 6.31. The fraction of sp³-hybridized carbons (Fsp3) is 0.261. The summed E-state index contributed by atoms with van der Waals surface area (Å²) >= 11 is 3.63. The molecule has 29 heavy (non-hydrogen) atoms. The molecule has 0 saturated carbocycles. The van der Waals surface area contributed by atoms with Crippen LogP contribution in [0.4, 0.5) is 0 Å². The Hall–Kier alpha value is -2.57. The van der Waals surface area contributed by atoms with Gasteiger partial charge in [0.05, 0.1) is 11.1 Å². The number of nitrogens with one attached hydrogen (secondary N) is 1. The molecule has 0 aliphatic rings. The molecule has 0 saturated heterocycles. The molecule has 1 heterocycles. The molecule has 5 nitrogen and oxygen atoms in total. The molecule has 0 bridgehead atoms. The van der Waals surface area contributed by atoms with Crippen molar-refractivity contribution in [3.8, 4) is 17.4 Å². The molecular formula is C23H25BrN2O3. The van der Waals surface area contributed by atoms with E-state index in [-0.39, 0.29) is 0 Å². The number of ether oxygens (including phenoxy) is 3. The third kappa shape index (κ3) is 6.76. The first-order valence-electron chi connectivity index (χ1n) is 9.62. The van der Waals surface area contributed by atoms with E-state index in [2.05, 4.69) is 32.3 Å². The second kappa shape index (κ2) is 11.4. The molecule has 0 radical (unpaired) electrons. The molecule has 152 valence electrons. The van der Waals surface area contributed by atoms with Crippen molar-refractivity contribution in [2.45, 2.75) is 20.1 Å². The van der Waals surface area contributed by atoms with Crippen LogP contribution < -0.4 is 19.5 Å². The Morgan fingerprint density at radius 2 is 1.76 bits per heavy atom. The van der Waals surface area contributed by atoms with Gasteiger partial charge >= 0.3 is 0 Å². The van der Waals surface area contributed by atoms with Crippen molar-refractivity contribution in [2.75, 3.05) is 19.8 Å². The summed E-state index contributed by atoms with van der Waals surface area (Å²) < 4.78 is 18.3. The number of pyridine rings is 1. The van der Waals surface area contributed by atoms with E-state index < -0.39 is 0 Å². The zero-order valence-electron chi connectivity index (χ0n) is 16.4. The highest BCUT2D eigenvalue weighted by Crippen LogP contribution is 2.37. The Bertz CT molecular complexity index is 876. The highest BCUT2D eigenvalue weighted by atomic mass is 79.9. The lowest BCUT2D eigenvalue weighted by Gasteiger charge is -2.16. The Morgan fingerprint density at radius 1 is 0.931 bits per heavy atom. The average molecular weight is 457 g/mol. The number of benzene rings is 2. The lowest BCUT2D eigenvalue weighted by molar-refractivity contribution is 0.267. The predicted molar refractivity (Wildman–Crippen MR) is 118 cm³/mol. The molecule has 0 fully saturated rings. The highest BCUT2D eigenvalue weighted by molar-refractivity contribution is 9.10. The molecule has 0 unspecified atom stereocenters. The van der Waals surface area contributed by atoms with E-state index in [9.17, 15) is 0 Å². The van der Waals surface area contributed by atoms with Crippen LogP contribution in [0.25, 0.3) is 0 Å². The largest absolute Gasteiger partial charge is 0.490 e. The first-order chi connectivity index (χ1) is 14.3. The molecule has 0 atom stereocenters. The van der Waals surface area contributed by atoms with E-state index in [1.165, 1.54) is 0 Å². The monoisotopic (exact) mass is 456 g/mol. The summed E-state index contributed by atoms with van der Waals surface area (Å²) in [6.07, 6.45) is 1.72. The van der Waals surface area contributed by atoms with Crippen LogP contribution in [-0.2, 0) is 13.2 Å². The Labute approximate surface area is 180 Å². The van der Waals surface area contributed by atoms with E-state index in [0.29, 0.717) is 38.8 Å². The molecule has 0 aliphatic heterocycles. The zero-order valence-corrected chi connectivity index (χ0v) is 18.0. The van der Waals surface area contributed by atoms with Gasteiger partial charge in [-0.05, 0) is 52.2 Å². The van der Waals surface area contributed by atoms with Crippen molar-refractivity contribution in [3.63, 3.8) is 0 Å². The van der Waals surface area contributed by atoms with Crippen LogP contribution in [0.2, 0.25) is 0 Å². The van der Waals surface area contributed by atoms with Crippen molar-refractivity contribution in [1.82, 2.24) is 10.3 Å². The number of rotatable bonds is 11. The minimum absolute atomic E-state index is 0.488. The quantitative estimate of drug-likeness (QED) is 0.411. The van der Waals surface area contributed by atoms with Gasteiger partial charge in [-0.15, -0.1) is 0 Å². The number of halogens is 1. The van der Waals surface area contributed by atoms with E-state index in [1.807, 2.05) is 61.5 Å². The third-order valence-electron chi connectivity index (χ3n) is 4.09. The second-order valence-corrected chi connectivity index (χ2v) is 7.16. The SMILES string of the molecule is CCOc1cc(CNCCOc2ccccn2)cc(Br)c1OCc1ccccc1. The van der Waals surface area contributed by atoms with Crippen LogP contribution in [0.1, 0.15) is 18.1 Å². The molecule has 3 aromatic rings. The standard InChI is InChI=1S/C23H25BrN2O3/c1-2-27-21-15-19(16-25-12-13-28-22-10-6-7-11-26-22)14-20(24)23(21)29-17-18-8-4-3-5-9-18/h3-11,14-15,25H,2,12-13,16-17H2,1H3. The molecule has 0 spiro atoms. The van der Waals surface area contributed by atoms with Gasteiger partial charge in [0.25, 0.3) is 0 Å². The Balaban J connectivity index is 1.55. The van der Waals surface area contributed by atoms with Crippen molar-refractivity contribution in [2.24, 2.45) is 0 Å². The lowest BCUT2D eigenvalue weighted by atomic mass is 10.2. The molecule has 1 N–H and O–H groups in total. The molecule has 2 aromatic carbocycles. The molecule has 1 aromatic heterocycles. The molecular weight excluding hydrogens is 432 g/mol. The summed E-state index contributed by atoms with van der Waals surface area (Å²) in [7, 11) is 0. The van der Waals surface area contributed by atoms with Gasteiger partial charge < -0.3 is 19.5 Å². The summed E-state index contributed by atoms with van der Waals surface area (Å²) in [6, 6.07) is 19.8. The number of aromatic nitrogens is 1. The third-order valence-corrected chi connectivity index (χ3v) is 4.68. The van der Waals surface area contributed by atoms with Crippen LogP contribution >= 0.6 is 15.9 Å². The van der Waals surface area contributed by atoms with Crippen LogP contribution in [0, 0.1) is 0 Å². The Morgan fingerprint density at radius 3 is 2.52 bits per heavy atom. The van der Waals surface area contributed by atoms with Crippen LogP contribution in [-0.4, -0.2) is 24.7 Å². The summed E-state index contributed by atoms with van der Waals surface area (Å²) in [5.74, 6) is 2.09. The van der Waals surface area contributed by atoms with Crippen LogP contribution in [0.5, 0.6) is 17.4 Å². The normalized spacial score (nSPS) is 10.6. The predicted octanol–water partition coefficient (Wildman–Crippen LogP) is 4.99. The molecule has 6 heteroatoms. The van der Waals surface area contributed by atoms with Gasteiger partial charge in [-0.1, -0.05) is 36.4 Å². The highest BCUT2D eigenvalue weighted by Gasteiger charge is 2.12. The van der Waals surface area contributed by atoms with Gasteiger partial charge in [-0.25, -0.2) is 4.98 Å². The molecule has 0 aliphatic carbocycles. The van der Waals surface area contributed by atoms with Gasteiger partial charge in [0.2, 0.25) is 5.88 Å². The number of hydrogen-bond acceptors (Lipinski definition) is 5. The smallest absolute Gasteiger partial charge is 0.213 e. The summed E-state index contributed by atoms with van der Waals surface area (Å²) in [5, 5.41) is 3.38. The van der Waals surface area contributed by atoms with Gasteiger partial charge in [-0.2, -0.15) is 0 Å². The van der Waals surface area contributed by atoms with Crippen molar-refractivity contribution in [3.05, 3.63) is 82.5 Å². The van der Waals surface area contributed by atoms with Crippen molar-refractivity contribution in [1.29, 1.82) is 0 Å². The van der Waals surface area contributed by atoms with E-state index in [0.717, 1.165) is 27.1 Å². The average Bonchev–Trinajstić information content (AvgIpc) is 2.75. The van der Waals surface area contributed by atoms with Gasteiger partial charge in [0.15, 0.2) is 11.5 Å². The van der Waals surface area contributed by atoms with Gasteiger partial charge in [0, 0.05) is 25.4 Å². The Kier molecular flexibility index (Phi) is 8.34. The fourth-order valence-corrected chi connectivity index (χ4v) is 3.35. The van der Waals surface area contributed by atoms with Crippen LogP contribution in [0.3, 0.4) is 0 Å². The van der Waals surface area contributed by atoms with E-state index in [1.54, 1.807) is 6.20 Å². The minimum atomic E-state index is 0.488. The van der Waals surface area contributed by atoms with E-state index in [4.69, 9.17) is 14.2 Å². The maximum Gasteiger partial charge on any atom is 0.213 e. The lowest BCUT2D eigenvalue weighted by Crippen LogP contribution is -2.20. The summed E-state index contributed by atoms with van der Waals surface area (Å²) in [4.78, 5) is 4.14. The molecule has 3 rings (SSSR count). The minimum Gasteiger partial charge on any atom is -0.490 e. The van der Waals surface area contributed by atoms with Gasteiger partial charge in [0.1, 0.15) is 13.2 Å². The van der Waals surface area contributed by atoms with Gasteiger partial charge in [-0.3, -0.25) is 0 Å². The number of nitrogens with zero attached hydrogens (tertiary/aromatic N) is 1. The number of hydrogen-bond donors (Lipinski definition) is 1. The van der Waals surface area contributed by atoms with Crippen molar-refractivity contribution < 1.29 is 14.2 Å². The van der Waals surface area contributed by atoms with Crippen molar-refractivity contribution >= 4 is 15.9 Å². The van der Waals surface area contributed by atoms with Crippen LogP contribution in [0.15, 0.2) is 71.3 Å². The topological polar surface area (TPSA) is 52.6 Å².